The lowest BCUT2D eigenvalue weighted by molar-refractivity contribution is -0.120. The monoisotopic (exact) mass is 471 g/mol. The Labute approximate surface area is 173 Å². The zero-order chi connectivity index (χ0) is 17.9. The van der Waals surface area contributed by atoms with Crippen LogP contribution in [0.15, 0.2) is 29.3 Å². The molecule has 0 radical (unpaired) electrons. The molecule has 26 heavy (non-hydrogen) atoms. The summed E-state index contributed by atoms with van der Waals surface area (Å²) >= 11 is 0. The van der Waals surface area contributed by atoms with Crippen LogP contribution < -0.4 is 15.5 Å². The van der Waals surface area contributed by atoms with Crippen molar-refractivity contribution < 1.29 is 4.79 Å². The molecule has 2 aliphatic heterocycles. The van der Waals surface area contributed by atoms with Crippen LogP contribution in [-0.2, 0) is 11.3 Å². The third kappa shape index (κ3) is 5.25. The minimum atomic E-state index is 0. The van der Waals surface area contributed by atoms with Crippen LogP contribution in [0.2, 0.25) is 0 Å². The second-order valence-corrected chi connectivity index (χ2v) is 7.67. The molecule has 3 rings (SSSR count). The first kappa shape index (κ1) is 20.8. The van der Waals surface area contributed by atoms with Crippen molar-refractivity contribution in [3.05, 3.63) is 29.8 Å². The molecule has 0 unspecified atom stereocenters. The maximum atomic E-state index is 11.5. The Balaban J connectivity index is 0.00000243. The lowest BCUT2D eigenvalue weighted by Crippen LogP contribution is -2.47. The number of halogens is 1. The Morgan fingerprint density at radius 3 is 2.58 bits per heavy atom. The normalized spacial score (nSPS) is 19.8. The third-order valence-electron chi connectivity index (χ3n) is 4.98. The number of likely N-dealkylation sites (tertiary alicyclic amines) is 1. The van der Waals surface area contributed by atoms with Gasteiger partial charge in [0.1, 0.15) is 0 Å². The molecule has 2 N–H and O–H groups in total. The van der Waals surface area contributed by atoms with E-state index in [9.17, 15) is 4.79 Å². The molecule has 2 aliphatic rings. The minimum absolute atomic E-state index is 0. The van der Waals surface area contributed by atoms with Crippen LogP contribution in [0.3, 0.4) is 0 Å². The van der Waals surface area contributed by atoms with Crippen LogP contribution in [0.25, 0.3) is 0 Å². The zero-order valence-electron chi connectivity index (χ0n) is 15.9. The molecule has 1 amide bonds. The number of carbonyl (C=O) groups is 1. The average molecular weight is 471 g/mol. The van der Waals surface area contributed by atoms with Gasteiger partial charge in [-0.15, -0.1) is 24.0 Å². The summed E-state index contributed by atoms with van der Waals surface area (Å²) in [4.78, 5) is 20.4. The van der Waals surface area contributed by atoms with Crippen LogP contribution in [0.5, 0.6) is 0 Å². The Morgan fingerprint density at radius 1 is 1.27 bits per heavy atom. The number of carbonyl (C=O) groups excluding carboxylic acids is 1. The highest BCUT2D eigenvalue weighted by Gasteiger charge is 2.30. The van der Waals surface area contributed by atoms with E-state index < -0.39 is 0 Å². The predicted molar refractivity (Wildman–Crippen MR) is 117 cm³/mol. The Morgan fingerprint density at radius 2 is 2.00 bits per heavy atom. The molecule has 144 valence electrons. The van der Waals surface area contributed by atoms with Crippen molar-refractivity contribution in [3.8, 4) is 0 Å². The van der Waals surface area contributed by atoms with Crippen LogP contribution in [-0.4, -0.2) is 56.5 Å². The van der Waals surface area contributed by atoms with Gasteiger partial charge in [0.05, 0.1) is 6.54 Å². The van der Waals surface area contributed by atoms with Gasteiger partial charge in [-0.3, -0.25) is 9.79 Å². The van der Waals surface area contributed by atoms with Gasteiger partial charge in [0.2, 0.25) is 5.91 Å². The fraction of sp³-hybridized carbons (Fsp3) is 0.579. The highest BCUT2D eigenvalue weighted by Crippen LogP contribution is 2.28. The number of amides is 1. The molecule has 0 spiro atoms. The quantitative estimate of drug-likeness (QED) is 0.403. The van der Waals surface area contributed by atoms with Crippen molar-refractivity contribution >= 4 is 41.5 Å². The van der Waals surface area contributed by atoms with E-state index in [-0.39, 0.29) is 29.9 Å². The van der Waals surface area contributed by atoms with E-state index >= 15 is 0 Å². The molecule has 0 atom stereocenters. The second-order valence-electron chi connectivity index (χ2n) is 7.67. The van der Waals surface area contributed by atoms with Gasteiger partial charge < -0.3 is 20.4 Å². The summed E-state index contributed by atoms with van der Waals surface area (Å²) in [6, 6.07) is 8.43. The van der Waals surface area contributed by atoms with Crippen LogP contribution in [0.1, 0.15) is 25.8 Å². The molecular weight excluding hydrogens is 441 g/mol. The smallest absolute Gasteiger partial charge is 0.239 e. The van der Waals surface area contributed by atoms with Crippen molar-refractivity contribution in [1.82, 2.24) is 15.5 Å². The molecule has 0 bridgehead atoms. The topological polar surface area (TPSA) is 60.0 Å². The van der Waals surface area contributed by atoms with E-state index in [4.69, 9.17) is 0 Å². The van der Waals surface area contributed by atoms with E-state index in [0.29, 0.717) is 18.5 Å². The summed E-state index contributed by atoms with van der Waals surface area (Å²) in [5.41, 5.74) is 2.68. The summed E-state index contributed by atoms with van der Waals surface area (Å²) < 4.78 is 0. The van der Waals surface area contributed by atoms with Crippen LogP contribution in [0.4, 0.5) is 5.69 Å². The molecule has 7 heteroatoms. The Hall–Kier alpha value is -1.51. The fourth-order valence-corrected chi connectivity index (χ4v) is 3.49. The molecule has 0 saturated carbocycles. The number of hydrogen-bond donors (Lipinski definition) is 2. The van der Waals surface area contributed by atoms with E-state index in [2.05, 4.69) is 63.5 Å². The largest absolute Gasteiger partial charge is 0.360 e. The first-order chi connectivity index (χ1) is 12.0. The van der Waals surface area contributed by atoms with Gasteiger partial charge in [-0.2, -0.15) is 0 Å². The molecular formula is C19H30IN5O. The van der Waals surface area contributed by atoms with Gasteiger partial charge in [0.25, 0.3) is 0 Å². The third-order valence-corrected chi connectivity index (χ3v) is 4.98. The van der Waals surface area contributed by atoms with E-state index in [1.807, 2.05) is 7.05 Å². The predicted octanol–water partition coefficient (Wildman–Crippen LogP) is 2.05. The van der Waals surface area contributed by atoms with Crippen molar-refractivity contribution in [2.75, 3.05) is 44.7 Å². The summed E-state index contributed by atoms with van der Waals surface area (Å²) in [5.74, 6) is 1.07. The number of aliphatic imine (C=N–C) groups is 1. The number of piperazine rings is 1. The van der Waals surface area contributed by atoms with Gasteiger partial charge in [-0.1, -0.05) is 26.0 Å². The maximum Gasteiger partial charge on any atom is 0.239 e. The first-order valence-corrected chi connectivity index (χ1v) is 9.03. The highest BCUT2D eigenvalue weighted by atomic mass is 127. The van der Waals surface area contributed by atoms with E-state index in [1.54, 1.807) is 0 Å². The van der Waals surface area contributed by atoms with Crippen molar-refractivity contribution in [2.45, 2.75) is 26.8 Å². The summed E-state index contributed by atoms with van der Waals surface area (Å²) in [5, 5.41) is 6.33. The minimum Gasteiger partial charge on any atom is -0.360 e. The molecule has 0 aliphatic carbocycles. The second kappa shape index (κ2) is 8.92. The van der Waals surface area contributed by atoms with Crippen LogP contribution in [0, 0.1) is 5.41 Å². The van der Waals surface area contributed by atoms with Gasteiger partial charge >= 0.3 is 0 Å². The molecule has 0 aromatic heterocycles. The van der Waals surface area contributed by atoms with Crippen molar-refractivity contribution in [1.29, 1.82) is 0 Å². The molecule has 1 aromatic carbocycles. The molecule has 2 saturated heterocycles. The Bertz CT molecular complexity index is 644. The van der Waals surface area contributed by atoms with Crippen molar-refractivity contribution in [3.63, 3.8) is 0 Å². The molecule has 1 aromatic rings. The number of rotatable bonds is 3. The summed E-state index contributed by atoms with van der Waals surface area (Å²) in [6.45, 7) is 9.48. The Kier molecular flexibility index (Phi) is 7.14. The maximum absolute atomic E-state index is 11.5. The lowest BCUT2D eigenvalue weighted by atomic mass is 9.93. The highest BCUT2D eigenvalue weighted by molar-refractivity contribution is 14.0. The molecule has 6 nitrogen and oxygen atoms in total. The number of guanidine groups is 1. The van der Waals surface area contributed by atoms with Crippen molar-refractivity contribution in [2.24, 2.45) is 10.4 Å². The zero-order valence-corrected chi connectivity index (χ0v) is 18.2. The molecule has 2 fully saturated rings. The van der Waals surface area contributed by atoms with E-state index in [1.165, 1.54) is 12.0 Å². The van der Waals surface area contributed by atoms with Gasteiger partial charge in [-0.25, -0.2) is 0 Å². The van der Waals surface area contributed by atoms with Gasteiger partial charge in [-0.05, 0) is 29.5 Å². The van der Waals surface area contributed by atoms with Gasteiger partial charge in [0, 0.05) is 45.5 Å². The fourth-order valence-electron chi connectivity index (χ4n) is 3.49. The standard InChI is InChI=1S/C19H29N5O.HI/c1-19(2)8-10-24(14-19)18(20-3)22-12-15-4-6-16(7-5-15)23-11-9-21-17(25)13-23;/h4-7H,8-14H2,1-3H3,(H,20,22)(H,21,25);1H. The number of hydrogen-bond acceptors (Lipinski definition) is 3. The number of nitrogens with zero attached hydrogens (tertiary/aromatic N) is 3. The first-order valence-electron chi connectivity index (χ1n) is 9.03. The van der Waals surface area contributed by atoms with E-state index in [0.717, 1.165) is 37.8 Å². The average Bonchev–Trinajstić information content (AvgIpc) is 2.96. The SMILES string of the molecule is CN=C(NCc1ccc(N2CCNC(=O)C2)cc1)N1CCC(C)(C)C1.I. The number of nitrogens with one attached hydrogen (secondary N) is 2. The van der Waals surface area contributed by atoms with Gasteiger partial charge in [0.15, 0.2) is 5.96 Å². The molecule has 2 heterocycles. The number of benzene rings is 1. The summed E-state index contributed by atoms with van der Waals surface area (Å²) in [6.07, 6.45) is 1.20. The van der Waals surface area contributed by atoms with Crippen LogP contribution >= 0.6 is 24.0 Å². The number of anilines is 1. The summed E-state index contributed by atoms with van der Waals surface area (Å²) in [7, 11) is 1.85. The lowest BCUT2D eigenvalue weighted by Gasteiger charge is -2.28.